The molecule has 2 N–H and O–H groups in total. The first-order chi connectivity index (χ1) is 18.4. The Morgan fingerprint density at radius 2 is 1.74 bits per heavy atom. The highest BCUT2D eigenvalue weighted by molar-refractivity contribution is 6.08. The molecule has 198 valence electrons. The van der Waals surface area contributed by atoms with E-state index in [0.717, 1.165) is 6.42 Å². The summed E-state index contributed by atoms with van der Waals surface area (Å²) >= 11 is 0. The summed E-state index contributed by atoms with van der Waals surface area (Å²) < 4.78 is 33.1. The summed E-state index contributed by atoms with van der Waals surface area (Å²) in [5.74, 6) is 0.958. The number of rotatable bonds is 10. The molecule has 1 aliphatic carbocycles. The molecule has 3 aromatic rings. The number of carboxylic acids is 1. The zero-order valence-corrected chi connectivity index (χ0v) is 21.3. The zero-order valence-electron chi connectivity index (χ0n) is 21.3. The lowest BCUT2D eigenvalue weighted by molar-refractivity contribution is -0.134. The molecule has 0 aromatic heterocycles. The number of aliphatic carboxylic acids is 1. The molecule has 0 radical (unpaired) electrons. The first-order valence-electron chi connectivity index (χ1n) is 12.1. The second-order valence-corrected chi connectivity index (χ2v) is 8.80. The van der Waals surface area contributed by atoms with Crippen LogP contribution in [0.25, 0.3) is 5.57 Å². The van der Waals surface area contributed by atoms with Gasteiger partial charge in [-0.15, -0.1) is 0 Å². The highest BCUT2D eigenvalue weighted by Gasteiger charge is 2.51. The Labute approximate surface area is 219 Å². The molecular weight excluding hydrogens is 492 g/mol. The molecule has 0 saturated carbocycles. The average Bonchev–Trinajstić information content (AvgIpc) is 3.50. The number of hydrogen-bond acceptors (Lipinski definition) is 8. The van der Waals surface area contributed by atoms with E-state index in [-0.39, 0.29) is 30.5 Å². The van der Waals surface area contributed by atoms with Crippen molar-refractivity contribution in [3.8, 4) is 28.7 Å². The Bertz CT molecular complexity index is 1410. The molecule has 2 aliphatic rings. The topological polar surface area (TPSA) is 113 Å². The predicted octanol–water partition coefficient (Wildman–Crippen LogP) is 4.33. The average molecular weight is 521 g/mol. The minimum absolute atomic E-state index is 0.0777. The van der Waals surface area contributed by atoms with Gasteiger partial charge in [-0.3, -0.25) is 0 Å². The summed E-state index contributed by atoms with van der Waals surface area (Å²) in [5.41, 5.74) is -0.315. The number of aliphatic hydroxyl groups is 1. The summed E-state index contributed by atoms with van der Waals surface area (Å²) in [6, 6.07) is 15.2. The van der Waals surface area contributed by atoms with Gasteiger partial charge in [-0.2, -0.15) is 0 Å². The third-order valence-electron chi connectivity index (χ3n) is 6.52. The largest absolute Gasteiger partial charge is 0.497 e. The molecule has 1 atom stereocenters. The lowest BCUT2D eigenvalue weighted by Crippen LogP contribution is -2.32. The number of fused-ring (bicyclic) bond motifs is 2. The summed E-state index contributed by atoms with van der Waals surface area (Å²) in [7, 11) is 2.98. The molecule has 9 nitrogen and oxygen atoms in total. The summed E-state index contributed by atoms with van der Waals surface area (Å²) in [4.78, 5) is 13.0. The molecule has 9 heteroatoms. The Balaban J connectivity index is 1.80. The van der Waals surface area contributed by atoms with E-state index in [0.29, 0.717) is 51.9 Å². The number of hydrogen-bond donors (Lipinski definition) is 2. The van der Waals surface area contributed by atoms with E-state index in [2.05, 4.69) is 0 Å². The molecule has 1 aliphatic heterocycles. The third kappa shape index (κ3) is 4.19. The van der Waals surface area contributed by atoms with E-state index < -0.39 is 11.6 Å². The molecule has 5 rings (SSSR count). The van der Waals surface area contributed by atoms with Crippen molar-refractivity contribution in [1.82, 2.24) is 0 Å². The van der Waals surface area contributed by atoms with E-state index in [1.807, 2.05) is 6.92 Å². The maximum Gasteiger partial charge on any atom is 0.335 e. The first kappa shape index (κ1) is 25.4. The van der Waals surface area contributed by atoms with E-state index >= 15 is 0 Å². The Kier molecular flexibility index (Phi) is 6.88. The molecule has 0 saturated heterocycles. The number of benzene rings is 3. The van der Waals surface area contributed by atoms with E-state index in [1.165, 1.54) is 14.2 Å². The molecule has 0 amide bonds. The van der Waals surface area contributed by atoms with Crippen LogP contribution in [0.3, 0.4) is 0 Å². The Hall–Kier alpha value is -4.21. The second kappa shape index (κ2) is 10.3. The molecule has 1 heterocycles. The van der Waals surface area contributed by atoms with Crippen LogP contribution in [-0.4, -0.2) is 50.6 Å². The van der Waals surface area contributed by atoms with Crippen molar-refractivity contribution in [2.45, 2.75) is 18.9 Å². The Morgan fingerprint density at radius 1 is 0.947 bits per heavy atom. The van der Waals surface area contributed by atoms with Gasteiger partial charge in [0, 0.05) is 29.9 Å². The SMILES string of the molecule is CCCOc1ccc2c(c1)C(O)(c1ccc(OC)cc1OCOC)C(C(=O)O)=C2c1ccc2c(c1)OCO2. The number of carbonyl (C=O) groups is 1. The minimum atomic E-state index is -2.10. The zero-order chi connectivity index (χ0) is 26.9. The number of methoxy groups -OCH3 is 2. The van der Waals surface area contributed by atoms with Gasteiger partial charge in [-0.25, -0.2) is 4.79 Å². The fraction of sp³-hybridized carbons (Fsp3) is 0.276. The van der Waals surface area contributed by atoms with Crippen molar-refractivity contribution in [2.24, 2.45) is 0 Å². The Morgan fingerprint density at radius 3 is 2.47 bits per heavy atom. The molecule has 0 fully saturated rings. The van der Waals surface area contributed by atoms with Crippen molar-refractivity contribution in [2.75, 3.05) is 34.4 Å². The first-order valence-corrected chi connectivity index (χ1v) is 12.1. The normalized spacial score (nSPS) is 17.4. The standard InChI is InChI=1S/C29H28O9/c1-4-11-35-19-6-8-20-22(13-19)29(32,21-9-7-18(34-3)14-24(21)36-15-33-2)27(28(30)31)26(20)17-5-10-23-25(12-17)38-16-37-23/h5-10,12-14,32H,4,11,15-16H2,1-3H3,(H,30,31). The number of carboxylic acid groups (broad SMARTS) is 1. The molecule has 3 aromatic carbocycles. The van der Waals surface area contributed by atoms with Gasteiger partial charge < -0.3 is 38.6 Å². The highest BCUT2D eigenvalue weighted by atomic mass is 16.7. The van der Waals surface area contributed by atoms with Gasteiger partial charge in [-0.1, -0.05) is 19.1 Å². The van der Waals surface area contributed by atoms with Crippen molar-refractivity contribution < 1.29 is 43.4 Å². The summed E-state index contributed by atoms with van der Waals surface area (Å²) in [5, 5.41) is 23.1. The van der Waals surface area contributed by atoms with Crippen molar-refractivity contribution in [3.05, 3.63) is 82.4 Å². The van der Waals surface area contributed by atoms with Crippen LogP contribution in [0.5, 0.6) is 28.7 Å². The van der Waals surface area contributed by atoms with Crippen molar-refractivity contribution >= 4 is 11.5 Å². The van der Waals surface area contributed by atoms with Crippen LogP contribution in [0.15, 0.2) is 60.2 Å². The van der Waals surface area contributed by atoms with Gasteiger partial charge in [0.2, 0.25) is 6.79 Å². The highest BCUT2D eigenvalue weighted by Crippen LogP contribution is 2.54. The van der Waals surface area contributed by atoms with Gasteiger partial charge in [-0.05, 0) is 53.9 Å². The van der Waals surface area contributed by atoms with Crippen LogP contribution in [0, 0.1) is 0 Å². The maximum absolute atomic E-state index is 13.0. The quantitative estimate of drug-likeness (QED) is 0.377. The van der Waals surface area contributed by atoms with Crippen molar-refractivity contribution in [3.63, 3.8) is 0 Å². The van der Waals surface area contributed by atoms with Crippen LogP contribution >= 0.6 is 0 Å². The van der Waals surface area contributed by atoms with Gasteiger partial charge in [0.05, 0.1) is 19.3 Å². The van der Waals surface area contributed by atoms with Crippen LogP contribution in [0.1, 0.15) is 35.6 Å². The van der Waals surface area contributed by atoms with Gasteiger partial charge in [0.15, 0.2) is 23.9 Å². The molecule has 1 unspecified atom stereocenters. The monoisotopic (exact) mass is 520 g/mol. The van der Waals surface area contributed by atoms with Crippen molar-refractivity contribution in [1.29, 1.82) is 0 Å². The smallest absolute Gasteiger partial charge is 0.335 e. The summed E-state index contributed by atoms with van der Waals surface area (Å²) in [6.45, 7) is 2.41. The van der Waals surface area contributed by atoms with E-state index in [1.54, 1.807) is 54.6 Å². The lowest BCUT2D eigenvalue weighted by Gasteiger charge is -2.29. The third-order valence-corrected chi connectivity index (χ3v) is 6.52. The molecule has 0 spiro atoms. The van der Waals surface area contributed by atoms with Crippen LogP contribution in [0.2, 0.25) is 0 Å². The maximum atomic E-state index is 13.0. The fourth-order valence-electron chi connectivity index (χ4n) is 4.86. The number of ether oxygens (including phenoxy) is 6. The van der Waals surface area contributed by atoms with E-state index in [4.69, 9.17) is 28.4 Å². The molecule has 38 heavy (non-hydrogen) atoms. The van der Waals surface area contributed by atoms with Gasteiger partial charge >= 0.3 is 5.97 Å². The predicted molar refractivity (Wildman–Crippen MR) is 137 cm³/mol. The lowest BCUT2D eigenvalue weighted by atomic mass is 9.82. The summed E-state index contributed by atoms with van der Waals surface area (Å²) in [6.07, 6.45) is 0.788. The van der Waals surface area contributed by atoms with Crippen LogP contribution in [-0.2, 0) is 15.1 Å². The van der Waals surface area contributed by atoms with Crippen LogP contribution in [0.4, 0.5) is 0 Å². The van der Waals surface area contributed by atoms with Crippen LogP contribution < -0.4 is 23.7 Å². The molecule has 0 bridgehead atoms. The molecular formula is C29H28O9. The van der Waals surface area contributed by atoms with Gasteiger partial charge in [0.25, 0.3) is 0 Å². The fourth-order valence-corrected chi connectivity index (χ4v) is 4.86. The van der Waals surface area contributed by atoms with Gasteiger partial charge in [0.1, 0.15) is 17.2 Å². The second-order valence-electron chi connectivity index (χ2n) is 8.80. The minimum Gasteiger partial charge on any atom is -0.497 e. The van der Waals surface area contributed by atoms with E-state index in [9.17, 15) is 15.0 Å².